The van der Waals surface area contributed by atoms with Crippen LogP contribution in [-0.4, -0.2) is 11.9 Å². The van der Waals surface area contributed by atoms with Gasteiger partial charge in [0, 0.05) is 4.83 Å². The van der Waals surface area contributed by atoms with Gasteiger partial charge in [-0.2, -0.15) is 0 Å². The Kier molecular flexibility index (Phi) is 3.35. The van der Waals surface area contributed by atoms with Gasteiger partial charge in [-0.15, -0.1) is 0 Å². The van der Waals surface area contributed by atoms with Crippen molar-refractivity contribution in [3.05, 3.63) is 29.3 Å². The second kappa shape index (κ2) is 4.56. The first-order valence-electron chi connectivity index (χ1n) is 5.49. The fraction of sp³-hybridized carbons (Fsp3) is 0.538. The summed E-state index contributed by atoms with van der Waals surface area (Å²) in [6, 6.07) is 6.44. The van der Waals surface area contributed by atoms with Crippen LogP contribution in [0.15, 0.2) is 18.2 Å². The number of benzene rings is 1. The molecule has 2 heteroatoms. The Balaban J connectivity index is 2.21. The second-order valence-corrected chi connectivity index (χ2v) is 5.62. The van der Waals surface area contributed by atoms with Gasteiger partial charge in [0.05, 0.1) is 7.11 Å². The third-order valence-corrected chi connectivity index (χ3v) is 4.12. The van der Waals surface area contributed by atoms with Crippen molar-refractivity contribution in [3.8, 4) is 5.75 Å². The molecule has 0 aromatic heterocycles. The molecule has 2 rings (SSSR count). The summed E-state index contributed by atoms with van der Waals surface area (Å²) < 4.78 is 5.22. The van der Waals surface area contributed by atoms with E-state index in [1.54, 1.807) is 7.11 Å². The van der Waals surface area contributed by atoms with Crippen LogP contribution in [0.4, 0.5) is 0 Å². The van der Waals surface area contributed by atoms with Gasteiger partial charge in [-0.1, -0.05) is 22.0 Å². The zero-order valence-electron chi connectivity index (χ0n) is 9.29. The molecular formula is C13H17BrO. The Morgan fingerprint density at radius 3 is 2.67 bits per heavy atom. The Labute approximate surface area is 100.0 Å². The van der Waals surface area contributed by atoms with E-state index in [4.69, 9.17) is 4.74 Å². The van der Waals surface area contributed by atoms with Crippen LogP contribution in [0.5, 0.6) is 5.75 Å². The predicted molar refractivity (Wildman–Crippen MR) is 67.0 cm³/mol. The summed E-state index contributed by atoms with van der Waals surface area (Å²) in [4.78, 5) is 0.712. The largest absolute Gasteiger partial charge is 0.497 e. The van der Waals surface area contributed by atoms with Gasteiger partial charge in [0.1, 0.15) is 5.75 Å². The first-order chi connectivity index (χ1) is 7.20. The molecule has 0 aliphatic heterocycles. The van der Waals surface area contributed by atoms with E-state index in [1.165, 1.54) is 30.4 Å². The van der Waals surface area contributed by atoms with Crippen LogP contribution in [0.25, 0.3) is 0 Å². The molecule has 1 saturated carbocycles. The SMILES string of the molecule is COc1ccc(C2CCC(Br)C2)c(C)c1. The standard InChI is InChI=1S/C13H17BrO/c1-9-7-12(15-2)5-6-13(9)10-3-4-11(14)8-10/h5-7,10-11H,3-4,8H2,1-2H3. The van der Waals surface area contributed by atoms with Gasteiger partial charge in [0.2, 0.25) is 0 Å². The smallest absolute Gasteiger partial charge is 0.119 e. The zero-order chi connectivity index (χ0) is 10.8. The maximum atomic E-state index is 5.22. The zero-order valence-corrected chi connectivity index (χ0v) is 10.9. The van der Waals surface area contributed by atoms with Crippen LogP contribution in [0, 0.1) is 6.92 Å². The molecule has 1 aliphatic carbocycles. The molecule has 2 atom stereocenters. The van der Waals surface area contributed by atoms with Gasteiger partial charge in [-0.25, -0.2) is 0 Å². The molecule has 1 aliphatic rings. The average Bonchev–Trinajstić information content (AvgIpc) is 2.64. The minimum Gasteiger partial charge on any atom is -0.497 e. The number of rotatable bonds is 2. The lowest BCUT2D eigenvalue weighted by Gasteiger charge is -2.14. The normalized spacial score (nSPS) is 25.5. The molecule has 0 N–H and O–H groups in total. The maximum absolute atomic E-state index is 5.22. The van der Waals surface area contributed by atoms with E-state index in [2.05, 4.69) is 41.1 Å². The van der Waals surface area contributed by atoms with Gasteiger partial charge in [-0.05, 0) is 55.4 Å². The van der Waals surface area contributed by atoms with Crippen molar-refractivity contribution >= 4 is 15.9 Å². The highest BCUT2D eigenvalue weighted by Gasteiger charge is 2.24. The highest BCUT2D eigenvalue weighted by Crippen LogP contribution is 2.39. The fourth-order valence-electron chi connectivity index (χ4n) is 2.44. The van der Waals surface area contributed by atoms with E-state index >= 15 is 0 Å². The number of hydrogen-bond acceptors (Lipinski definition) is 1. The number of halogens is 1. The summed E-state index contributed by atoms with van der Waals surface area (Å²) in [6.07, 6.45) is 3.88. The first kappa shape index (κ1) is 11.0. The van der Waals surface area contributed by atoms with Crippen molar-refractivity contribution in [2.24, 2.45) is 0 Å². The van der Waals surface area contributed by atoms with Gasteiger partial charge < -0.3 is 4.74 Å². The summed E-state index contributed by atoms with van der Waals surface area (Å²) in [5.74, 6) is 1.70. The van der Waals surface area contributed by atoms with Crippen LogP contribution >= 0.6 is 15.9 Å². The van der Waals surface area contributed by atoms with Crippen molar-refractivity contribution in [2.75, 3.05) is 7.11 Å². The molecular weight excluding hydrogens is 252 g/mol. The number of aryl methyl sites for hydroxylation is 1. The van der Waals surface area contributed by atoms with Gasteiger partial charge in [0.15, 0.2) is 0 Å². The molecule has 1 aromatic rings. The first-order valence-corrected chi connectivity index (χ1v) is 6.41. The van der Waals surface area contributed by atoms with Crippen molar-refractivity contribution in [1.29, 1.82) is 0 Å². The Morgan fingerprint density at radius 1 is 1.33 bits per heavy atom. The van der Waals surface area contributed by atoms with Gasteiger partial charge in [0.25, 0.3) is 0 Å². The lowest BCUT2D eigenvalue weighted by molar-refractivity contribution is 0.414. The van der Waals surface area contributed by atoms with E-state index in [0.717, 1.165) is 11.7 Å². The lowest BCUT2D eigenvalue weighted by Crippen LogP contribution is -1.97. The van der Waals surface area contributed by atoms with E-state index in [1.807, 2.05) is 0 Å². The third kappa shape index (κ3) is 2.36. The van der Waals surface area contributed by atoms with Crippen LogP contribution in [0.2, 0.25) is 0 Å². The molecule has 0 bridgehead atoms. The molecule has 2 unspecified atom stereocenters. The minimum absolute atomic E-state index is 0.712. The van der Waals surface area contributed by atoms with Crippen LogP contribution in [0.3, 0.4) is 0 Å². The molecule has 0 amide bonds. The molecule has 1 fully saturated rings. The van der Waals surface area contributed by atoms with E-state index in [9.17, 15) is 0 Å². The fourth-order valence-corrected chi connectivity index (χ4v) is 3.16. The quantitative estimate of drug-likeness (QED) is 0.736. The summed E-state index contributed by atoms with van der Waals surface area (Å²) in [5.41, 5.74) is 2.86. The molecule has 1 aromatic carbocycles. The number of hydrogen-bond donors (Lipinski definition) is 0. The summed E-state index contributed by atoms with van der Waals surface area (Å²) in [7, 11) is 1.72. The Morgan fingerprint density at radius 2 is 2.13 bits per heavy atom. The average molecular weight is 269 g/mol. The van der Waals surface area contributed by atoms with Gasteiger partial charge in [-0.3, -0.25) is 0 Å². The minimum atomic E-state index is 0.712. The molecule has 82 valence electrons. The van der Waals surface area contributed by atoms with Crippen LogP contribution < -0.4 is 4.74 Å². The van der Waals surface area contributed by atoms with Crippen molar-refractivity contribution in [3.63, 3.8) is 0 Å². The maximum Gasteiger partial charge on any atom is 0.119 e. The molecule has 0 spiro atoms. The van der Waals surface area contributed by atoms with Gasteiger partial charge >= 0.3 is 0 Å². The van der Waals surface area contributed by atoms with Crippen LogP contribution in [-0.2, 0) is 0 Å². The van der Waals surface area contributed by atoms with Crippen molar-refractivity contribution in [2.45, 2.75) is 36.9 Å². The number of alkyl halides is 1. The molecule has 15 heavy (non-hydrogen) atoms. The van der Waals surface area contributed by atoms with Crippen molar-refractivity contribution in [1.82, 2.24) is 0 Å². The summed E-state index contributed by atoms with van der Waals surface area (Å²) in [6.45, 7) is 2.18. The second-order valence-electron chi connectivity index (χ2n) is 4.33. The van der Waals surface area contributed by atoms with E-state index in [-0.39, 0.29) is 0 Å². The highest BCUT2D eigenvalue weighted by atomic mass is 79.9. The highest BCUT2D eigenvalue weighted by molar-refractivity contribution is 9.09. The molecule has 0 heterocycles. The van der Waals surface area contributed by atoms with Crippen LogP contribution in [0.1, 0.15) is 36.3 Å². The van der Waals surface area contributed by atoms with Crippen molar-refractivity contribution < 1.29 is 4.74 Å². The molecule has 0 saturated heterocycles. The Bertz CT molecular complexity index is 348. The summed E-state index contributed by atoms with van der Waals surface area (Å²) in [5, 5.41) is 0. The number of methoxy groups -OCH3 is 1. The summed E-state index contributed by atoms with van der Waals surface area (Å²) >= 11 is 3.70. The molecule has 0 radical (unpaired) electrons. The number of ether oxygens (including phenoxy) is 1. The lowest BCUT2D eigenvalue weighted by atomic mass is 9.93. The Hall–Kier alpha value is -0.500. The topological polar surface area (TPSA) is 9.23 Å². The van der Waals surface area contributed by atoms with E-state index < -0.39 is 0 Å². The molecule has 1 nitrogen and oxygen atoms in total. The van der Waals surface area contributed by atoms with E-state index in [0.29, 0.717) is 4.83 Å². The monoisotopic (exact) mass is 268 g/mol. The third-order valence-electron chi connectivity index (χ3n) is 3.29. The predicted octanol–water partition coefficient (Wildman–Crippen LogP) is 4.03.